The van der Waals surface area contributed by atoms with Crippen LogP contribution in [0.3, 0.4) is 0 Å². The highest BCUT2D eigenvalue weighted by atomic mass is 19.4. The van der Waals surface area contributed by atoms with Crippen LogP contribution in [0.25, 0.3) is 0 Å². The second kappa shape index (κ2) is 10.6. The fourth-order valence-corrected chi connectivity index (χ4v) is 4.16. The van der Waals surface area contributed by atoms with Gasteiger partial charge in [-0.3, -0.25) is 9.59 Å². The Kier molecular flexibility index (Phi) is 8.03. The number of morpholine rings is 1. The first-order valence-corrected chi connectivity index (χ1v) is 11.1. The number of nitrogens with two attached hydrogens (primary N) is 1. The summed E-state index contributed by atoms with van der Waals surface area (Å²) in [7, 11) is 0. The summed E-state index contributed by atoms with van der Waals surface area (Å²) in [6, 6.07) is 5.09. The van der Waals surface area contributed by atoms with Gasteiger partial charge in [-0.15, -0.1) is 13.2 Å². The standard InChI is InChI=1S/C22H29F3N4O5/c1-14(2)19(30)29(26)20(31)17-11-16(15-3-5-18(6-4-15)34-22(23,24)25)12-28(13-17)21(32)27-7-9-33-10-8-27/h3-6,14,16-17H,7-13,26H2,1-2H3. The molecule has 2 unspecified atom stereocenters. The fraction of sp³-hybridized carbons (Fsp3) is 0.591. The van der Waals surface area contributed by atoms with Crippen molar-refractivity contribution in [2.24, 2.45) is 17.7 Å². The molecule has 9 nitrogen and oxygen atoms in total. The highest BCUT2D eigenvalue weighted by Crippen LogP contribution is 2.33. The molecule has 2 atom stereocenters. The van der Waals surface area contributed by atoms with Crippen LogP contribution >= 0.6 is 0 Å². The third-order valence-corrected chi connectivity index (χ3v) is 5.91. The molecule has 0 aliphatic carbocycles. The molecule has 2 heterocycles. The molecule has 12 heteroatoms. The van der Waals surface area contributed by atoms with Crippen molar-refractivity contribution in [3.8, 4) is 5.75 Å². The lowest BCUT2D eigenvalue weighted by Crippen LogP contribution is -2.56. The number of alkyl halides is 3. The molecule has 1 aromatic rings. The first-order chi connectivity index (χ1) is 16.0. The average Bonchev–Trinajstić information content (AvgIpc) is 2.81. The molecular weight excluding hydrogens is 457 g/mol. The van der Waals surface area contributed by atoms with Crippen LogP contribution in [0.2, 0.25) is 0 Å². The van der Waals surface area contributed by atoms with Crippen LogP contribution in [0.5, 0.6) is 5.75 Å². The molecule has 0 bridgehead atoms. The van der Waals surface area contributed by atoms with Crippen molar-refractivity contribution in [3.63, 3.8) is 0 Å². The Morgan fingerprint density at radius 3 is 2.26 bits per heavy atom. The predicted octanol–water partition coefficient (Wildman–Crippen LogP) is 2.33. The molecule has 1 aromatic carbocycles. The van der Waals surface area contributed by atoms with Crippen LogP contribution in [-0.4, -0.2) is 78.4 Å². The maximum Gasteiger partial charge on any atom is 0.573 e. The van der Waals surface area contributed by atoms with Crippen molar-refractivity contribution in [2.45, 2.75) is 32.5 Å². The number of hydrogen-bond acceptors (Lipinski definition) is 6. The van der Waals surface area contributed by atoms with E-state index in [1.807, 2.05) is 0 Å². The number of ether oxygens (including phenoxy) is 2. The van der Waals surface area contributed by atoms with Gasteiger partial charge in [-0.2, -0.15) is 0 Å². The Morgan fingerprint density at radius 1 is 1.09 bits per heavy atom. The minimum Gasteiger partial charge on any atom is -0.406 e. The van der Waals surface area contributed by atoms with E-state index in [0.717, 1.165) is 0 Å². The topological polar surface area (TPSA) is 105 Å². The highest BCUT2D eigenvalue weighted by Gasteiger charge is 2.39. The summed E-state index contributed by atoms with van der Waals surface area (Å²) in [5.74, 6) is 2.72. The molecule has 3 rings (SSSR count). The van der Waals surface area contributed by atoms with Crippen molar-refractivity contribution in [2.75, 3.05) is 39.4 Å². The smallest absolute Gasteiger partial charge is 0.406 e. The first-order valence-electron chi connectivity index (χ1n) is 11.1. The third-order valence-electron chi connectivity index (χ3n) is 5.91. The van der Waals surface area contributed by atoms with E-state index in [9.17, 15) is 27.6 Å². The molecule has 0 aromatic heterocycles. The van der Waals surface area contributed by atoms with Crippen LogP contribution < -0.4 is 10.6 Å². The van der Waals surface area contributed by atoms with Gasteiger partial charge in [0.25, 0.3) is 0 Å². The van der Waals surface area contributed by atoms with Crippen molar-refractivity contribution in [1.29, 1.82) is 0 Å². The molecule has 4 amide bonds. The zero-order valence-electron chi connectivity index (χ0n) is 19.1. The summed E-state index contributed by atoms with van der Waals surface area (Å²) < 4.78 is 46.7. The maximum atomic E-state index is 13.1. The largest absolute Gasteiger partial charge is 0.573 e. The lowest BCUT2D eigenvalue weighted by atomic mass is 9.84. The quantitative estimate of drug-likeness (QED) is 0.398. The normalized spacial score (nSPS) is 21.4. The molecule has 34 heavy (non-hydrogen) atoms. The number of nitrogens with zero attached hydrogens (tertiary/aromatic N) is 3. The number of hydrogen-bond donors (Lipinski definition) is 1. The molecule has 2 aliphatic rings. The number of amides is 4. The van der Waals surface area contributed by atoms with E-state index in [4.69, 9.17) is 10.6 Å². The molecule has 0 spiro atoms. The summed E-state index contributed by atoms with van der Waals surface area (Å²) in [5, 5.41) is 0.607. The van der Waals surface area contributed by atoms with Crippen molar-refractivity contribution in [1.82, 2.24) is 14.8 Å². The number of carbonyl (C=O) groups excluding carboxylic acids is 3. The molecular formula is C22H29F3N4O5. The number of carbonyl (C=O) groups is 3. The molecule has 0 saturated carbocycles. The molecule has 188 valence electrons. The van der Waals surface area contributed by atoms with Gasteiger partial charge in [0.15, 0.2) is 0 Å². The van der Waals surface area contributed by atoms with E-state index in [1.165, 1.54) is 29.2 Å². The van der Waals surface area contributed by atoms with Crippen molar-refractivity contribution >= 4 is 17.8 Å². The molecule has 2 fully saturated rings. The number of likely N-dealkylation sites (tertiary alicyclic amines) is 1. The van der Waals surface area contributed by atoms with Gasteiger partial charge in [0, 0.05) is 38.0 Å². The number of imide groups is 1. The lowest BCUT2D eigenvalue weighted by Gasteiger charge is -2.41. The summed E-state index contributed by atoms with van der Waals surface area (Å²) in [6.45, 7) is 5.24. The van der Waals surface area contributed by atoms with Crippen LogP contribution in [0.4, 0.5) is 18.0 Å². The van der Waals surface area contributed by atoms with Crippen molar-refractivity contribution in [3.05, 3.63) is 29.8 Å². The van der Waals surface area contributed by atoms with Crippen LogP contribution in [-0.2, 0) is 14.3 Å². The molecule has 2 N–H and O–H groups in total. The number of urea groups is 1. The van der Waals surface area contributed by atoms with Gasteiger partial charge in [0.2, 0.25) is 11.8 Å². The van der Waals surface area contributed by atoms with Crippen LogP contribution in [0.15, 0.2) is 24.3 Å². The summed E-state index contributed by atoms with van der Waals surface area (Å²) in [6.07, 6.45) is -4.52. The van der Waals surface area contributed by atoms with Crippen molar-refractivity contribution < 1.29 is 37.0 Å². The van der Waals surface area contributed by atoms with Gasteiger partial charge in [-0.05, 0) is 24.1 Å². The second-order valence-corrected chi connectivity index (χ2v) is 8.73. The van der Waals surface area contributed by atoms with E-state index in [2.05, 4.69) is 4.74 Å². The maximum absolute atomic E-state index is 13.1. The molecule has 2 saturated heterocycles. The Balaban J connectivity index is 1.82. The number of hydrazine groups is 1. The molecule has 0 radical (unpaired) electrons. The lowest BCUT2D eigenvalue weighted by molar-refractivity contribution is -0.274. The second-order valence-electron chi connectivity index (χ2n) is 8.73. The fourth-order valence-electron chi connectivity index (χ4n) is 4.16. The third kappa shape index (κ3) is 6.38. The number of benzene rings is 1. The highest BCUT2D eigenvalue weighted by molar-refractivity contribution is 5.96. The monoisotopic (exact) mass is 486 g/mol. The summed E-state index contributed by atoms with van der Waals surface area (Å²) >= 11 is 0. The number of halogens is 3. The zero-order valence-corrected chi connectivity index (χ0v) is 19.1. The predicted molar refractivity (Wildman–Crippen MR) is 114 cm³/mol. The van der Waals surface area contributed by atoms with E-state index in [0.29, 0.717) is 36.9 Å². The van der Waals surface area contributed by atoms with Gasteiger partial charge in [-0.1, -0.05) is 26.0 Å². The van der Waals surface area contributed by atoms with Gasteiger partial charge in [0.1, 0.15) is 5.75 Å². The minimum atomic E-state index is -4.81. The Hall–Kier alpha value is -2.86. The van der Waals surface area contributed by atoms with Gasteiger partial charge in [0.05, 0.1) is 19.1 Å². The van der Waals surface area contributed by atoms with E-state index < -0.39 is 30.0 Å². The Morgan fingerprint density at radius 2 is 1.71 bits per heavy atom. The first kappa shape index (κ1) is 25.8. The van der Waals surface area contributed by atoms with Gasteiger partial charge in [-0.25, -0.2) is 15.6 Å². The van der Waals surface area contributed by atoms with Crippen LogP contribution in [0.1, 0.15) is 31.7 Å². The SMILES string of the molecule is CC(C)C(=O)N(N)C(=O)C1CC(c2ccc(OC(F)(F)F)cc2)CN(C(=O)N2CCOCC2)C1. The van der Waals surface area contributed by atoms with Gasteiger partial charge >= 0.3 is 12.4 Å². The number of rotatable bonds is 4. The number of piperidine rings is 1. The average molecular weight is 486 g/mol. The zero-order chi connectivity index (χ0) is 25.0. The van der Waals surface area contributed by atoms with Gasteiger partial charge < -0.3 is 19.3 Å². The molecule has 2 aliphatic heterocycles. The Bertz CT molecular complexity index is 888. The van der Waals surface area contributed by atoms with Crippen LogP contribution in [0, 0.1) is 11.8 Å². The Labute approximate surface area is 195 Å². The van der Waals surface area contributed by atoms with E-state index in [1.54, 1.807) is 18.7 Å². The summed E-state index contributed by atoms with van der Waals surface area (Å²) in [4.78, 5) is 41.6. The summed E-state index contributed by atoms with van der Waals surface area (Å²) in [5.41, 5.74) is 0.644. The van der Waals surface area contributed by atoms with E-state index in [-0.39, 0.29) is 37.2 Å². The van der Waals surface area contributed by atoms with E-state index >= 15 is 0 Å². The minimum absolute atomic E-state index is 0.0832.